The first-order valence-electron chi connectivity index (χ1n) is 12.3. The first-order chi connectivity index (χ1) is 18.7. The molecule has 1 amide bonds. The molecule has 12 heteroatoms. The summed E-state index contributed by atoms with van der Waals surface area (Å²) >= 11 is 0. The molecular weight excluding hydrogens is 522 g/mol. The third-order valence-corrected chi connectivity index (χ3v) is 8.20. The third kappa shape index (κ3) is 6.41. The molecule has 0 spiro atoms. The van der Waals surface area contributed by atoms with Gasteiger partial charge in [-0.3, -0.25) is 19.2 Å². The van der Waals surface area contributed by atoms with Crippen LogP contribution in [0.4, 0.5) is 17.1 Å². The third-order valence-electron chi connectivity index (χ3n) is 6.43. The summed E-state index contributed by atoms with van der Waals surface area (Å²) in [7, 11) is -4.07. The zero-order valence-corrected chi connectivity index (χ0v) is 22.4. The van der Waals surface area contributed by atoms with E-state index in [9.17, 15) is 23.3 Å². The quantitative estimate of drug-likeness (QED) is 0.245. The van der Waals surface area contributed by atoms with Crippen molar-refractivity contribution in [1.82, 2.24) is 5.43 Å². The lowest BCUT2D eigenvalue weighted by atomic mass is 10.1. The van der Waals surface area contributed by atoms with Gasteiger partial charge in [0.1, 0.15) is 6.54 Å². The number of carbonyl (C=O) groups excluding carboxylic acids is 1. The van der Waals surface area contributed by atoms with Crippen LogP contribution in [0.3, 0.4) is 0 Å². The van der Waals surface area contributed by atoms with Gasteiger partial charge < -0.3 is 9.64 Å². The van der Waals surface area contributed by atoms with Crippen LogP contribution >= 0.6 is 0 Å². The number of morpholine rings is 1. The van der Waals surface area contributed by atoms with Crippen molar-refractivity contribution in [2.75, 3.05) is 42.1 Å². The van der Waals surface area contributed by atoms with E-state index in [1.807, 2.05) is 17.9 Å². The molecule has 4 rings (SSSR count). The minimum absolute atomic E-state index is 0.0500. The molecule has 0 radical (unpaired) electrons. The van der Waals surface area contributed by atoms with Gasteiger partial charge in [0.25, 0.3) is 21.6 Å². The lowest BCUT2D eigenvalue weighted by molar-refractivity contribution is -0.384. The van der Waals surface area contributed by atoms with Crippen molar-refractivity contribution in [1.29, 1.82) is 0 Å². The number of nitrogens with zero attached hydrogens (tertiary/aromatic N) is 4. The normalized spacial score (nSPS) is 13.8. The van der Waals surface area contributed by atoms with Crippen molar-refractivity contribution in [3.8, 4) is 0 Å². The maximum Gasteiger partial charge on any atom is 0.270 e. The highest BCUT2D eigenvalue weighted by Crippen LogP contribution is 2.29. The minimum Gasteiger partial charge on any atom is -0.378 e. The molecule has 1 saturated heterocycles. The number of hydrogen-bond acceptors (Lipinski definition) is 8. The van der Waals surface area contributed by atoms with E-state index in [1.54, 1.807) is 43.3 Å². The first-order valence-corrected chi connectivity index (χ1v) is 13.7. The fraction of sp³-hybridized carbons (Fsp3) is 0.259. The highest BCUT2D eigenvalue weighted by molar-refractivity contribution is 7.92. The number of nitrogens with one attached hydrogen (secondary N) is 1. The van der Waals surface area contributed by atoms with Gasteiger partial charge in [-0.05, 0) is 49.2 Å². The van der Waals surface area contributed by atoms with E-state index in [2.05, 4.69) is 10.5 Å². The average molecular weight is 552 g/mol. The zero-order valence-electron chi connectivity index (χ0n) is 21.6. The van der Waals surface area contributed by atoms with Crippen molar-refractivity contribution >= 4 is 39.2 Å². The Morgan fingerprint density at radius 2 is 1.82 bits per heavy atom. The number of non-ortho nitro benzene ring substituents is 1. The van der Waals surface area contributed by atoms with Crippen LogP contribution in [0.25, 0.3) is 0 Å². The zero-order chi connectivity index (χ0) is 28.0. The van der Waals surface area contributed by atoms with Crippen molar-refractivity contribution in [3.63, 3.8) is 0 Å². The topological polar surface area (TPSA) is 134 Å². The van der Waals surface area contributed by atoms with Crippen molar-refractivity contribution < 1.29 is 22.9 Å². The Morgan fingerprint density at radius 3 is 2.51 bits per heavy atom. The highest BCUT2D eigenvalue weighted by atomic mass is 32.2. The van der Waals surface area contributed by atoms with Crippen LogP contribution in [0.5, 0.6) is 0 Å². The summed E-state index contributed by atoms with van der Waals surface area (Å²) in [5.74, 6) is -0.676. The Kier molecular flexibility index (Phi) is 8.57. The number of anilines is 2. The van der Waals surface area contributed by atoms with Crippen LogP contribution in [0.2, 0.25) is 0 Å². The molecule has 0 aromatic heterocycles. The van der Waals surface area contributed by atoms with Crippen molar-refractivity contribution in [2.45, 2.75) is 18.7 Å². The van der Waals surface area contributed by atoms with Gasteiger partial charge in [-0.15, -0.1) is 0 Å². The Morgan fingerprint density at radius 1 is 1.10 bits per heavy atom. The number of benzene rings is 3. The molecule has 1 heterocycles. The Hall–Kier alpha value is -4.29. The van der Waals surface area contributed by atoms with E-state index < -0.39 is 27.4 Å². The van der Waals surface area contributed by atoms with Gasteiger partial charge in [-0.2, -0.15) is 5.10 Å². The van der Waals surface area contributed by atoms with E-state index >= 15 is 0 Å². The van der Waals surface area contributed by atoms with E-state index in [0.29, 0.717) is 43.2 Å². The maximum atomic E-state index is 13.6. The number of hydrazone groups is 1. The van der Waals surface area contributed by atoms with Crippen molar-refractivity contribution in [2.24, 2.45) is 5.10 Å². The molecule has 0 saturated carbocycles. The molecule has 0 aliphatic carbocycles. The number of carbonyl (C=O) groups is 1. The van der Waals surface area contributed by atoms with Crippen LogP contribution in [0, 0.1) is 24.0 Å². The molecule has 204 valence electrons. The van der Waals surface area contributed by atoms with E-state index in [-0.39, 0.29) is 10.6 Å². The summed E-state index contributed by atoms with van der Waals surface area (Å²) in [4.78, 5) is 25.9. The molecule has 3 aromatic rings. The summed E-state index contributed by atoms with van der Waals surface area (Å²) in [6.45, 7) is 5.39. The first kappa shape index (κ1) is 27.7. The average Bonchev–Trinajstić information content (AvgIpc) is 2.94. The van der Waals surface area contributed by atoms with Crippen LogP contribution in [-0.2, 0) is 19.6 Å². The number of sulfonamides is 1. The number of nitro benzene ring substituents is 1. The number of nitro groups is 1. The summed E-state index contributed by atoms with van der Waals surface area (Å²) in [5.41, 5.74) is 5.39. The van der Waals surface area contributed by atoms with Crippen LogP contribution in [-0.4, -0.2) is 58.3 Å². The van der Waals surface area contributed by atoms with Crippen LogP contribution in [0.15, 0.2) is 76.7 Å². The lowest BCUT2D eigenvalue weighted by Gasteiger charge is -2.29. The molecule has 0 bridgehead atoms. The number of aryl methyl sites for hydroxylation is 1. The number of hydrogen-bond donors (Lipinski definition) is 1. The van der Waals surface area contributed by atoms with Gasteiger partial charge in [0, 0.05) is 36.5 Å². The number of amides is 1. The molecule has 3 aromatic carbocycles. The summed E-state index contributed by atoms with van der Waals surface area (Å²) in [6, 6.07) is 17.6. The van der Waals surface area contributed by atoms with E-state index in [1.165, 1.54) is 30.5 Å². The Bertz CT molecular complexity index is 1490. The summed E-state index contributed by atoms with van der Waals surface area (Å²) < 4.78 is 33.6. The molecule has 1 fully saturated rings. The molecule has 39 heavy (non-hydrogen) atoms. The second-order valence-corrected chi connectivity index (χ2v) is 10.8. The van der Waals surface area contributed by atoms with Gasteiger partial charge in [0.2, 0.25) is 0 Å². The molecule has 11 nitrogen and oxygen atoms in total. The predicted octanol–water partition coefficient (Wildman–Crippen LogP) is 3.39. The second-order valence-electron chi connectivity index (χ2n) is 8.94. The largest absolute Gasteiger partial charge is 0.378 e. The van der Waals surface area contributed by atoms with Crippen LogP contribution < -0.4 is 14.6 Å². The monoisotopic (exact) mass is 551 g/mol. The molecule has 1 aliphatic rings. The highest BCUT2D eigenvalue weighted by Gasteiger charge is 2.28. The summed E-state index contributed by atoms with van der Waals surface area (Å²) in [6.07, 6.45) is 1.32. The van der Waals surface area contributed by atoms with Gasteiger partial charge in [0.05, 0.1) is 34.9 Å². The molecule has 0 atom stereocenters. The molecule has 1 N–H and O–H groups in total. The number of rotatable bonds is 9. The van der Waals surface area contributed by atoms with E-state index in [4.69, 9.17) is 4.74 Å². The standard InChI is InChI=1S/C27H29N5O6S/c1-20-7-6-10-25(21(20)2)31(39(36,37)24-8-4-3-5-9-24)19-27(33)29-28-18-22-17-23(32(34)35)11-12-26(22)30-13-15-38-16-14-30/h3-12,17-18H,13-16,19H2,1-2H3,(H,29,33)/b28-18+. The fourth-order valence-corrected chi connectivity index (χ4v) is 5.72. The Labute approximate surface area is 226 Å². The van der Waals surface area contributed by atoms with Crippen LogP contribution in [0.1, 0.15) is 16.7 Å². The van der Waals surface area contributed by atoms with Gasteiger partial charge in [0.15, 0.2) is 0 Å². The van der Waals surface area contributed by atoms with Crippen molar-refractivity contribution in [3.05, 3.63) is 93.5 Å². The van der Waals surface area contributed by atoms with Gasteiger partial charge in [-0.25, -0.2) is 13.8 Å². The molecule has 0 unspecified atom stereocenters. The van der Waals surface area contributed by atoms with Gasteiger partial charge >= 0.3 is 0 Å². The Balaban J connectivity index is 1.60. The second kappa shape index (κ2) is 12.0. The molecule has 1 aliphatic heterocycles. The predicted molar refractivity (Wildman–Crippen MR) is 149 cm³/mol. The van der Waals surface area contributed by atoms with E-state index in [0.717, 1.165) is 15.4 Å². The summed E-state index contributed by atoms with van der Waals surface area (Å²) in [5, 5.41) is 15.3. The maximum absolute atomic E-state index is 13.6. The SMILES string of the molecule is Cc1cccc(N(CC(=O)N/N=C/c2cc([N+](=O)[O-])ccc2N2CCOCC2)S(=O)(=O)c2ccccc2)c1C. The van der Waals surface area contributed by atoms with Gasteiger partial charge in [-0.1, -0.05) is 30.3 Å². The lowest BCUT2D eigenvalue weighted by Crippen LogP contribution is -2.40. The fourth-order valence-electron chi connectivity index (χ4n) is 4.22. The smallest absolute Gasteiger partial charge is 0.270 e. The molecular formula is C27H29N5O6S. The number of ether oxygens (including phenoxy) is 1. The minimum atomic E-state index is -4.07.